The molecule has 0 aromatic carbocycles. The maximum Gasteiger partial charge on any atom is 0.320 e. The van der Waals surface area contributed by atoms with Gasteiger partial charge in [0.05, 0.1) is 18.3 Å². The van der Waals surface area contributed by atoms with Crippen LogP contribution in [0.2, 0.25) is 0 Å². The topological polar surface area (TPSA) is 115 Å². The van der Waals surface area contributed by atoms with Crippen molar-refractivity contribution in [3.8, 4) is 0 Å². The third kappa shape index (κ3) is 3.74. The van der Waals surface area contributed by atoms with Crippen molar-refractivity contribution in [2.24, 2.45) is 11.3 Å². The molecule has 0 radical (unpaired) electrons. The number of hydrogen-bond donors (Lipinski definition) is 4. The number of aliphatic hydroxyl groups is 3. The highest BCUT2D eigenvalue weighted by molar-refractivity contribution is 6.06. The van der Waals surface area contributed by atoms with E-state index in [1.807, 2.05) is 6.92 Å². The molecule has 0 aromatic rings. The first-order valence-corrected chi connectivity index (χ1v) is 7.66. The van der Waals surface area contributed by atoms with E-state index in [-0.39, 0.29) is 6.42 Å². The van der Waals surface area contributed by atoms with Crippen molar-refractivity contribution >= 4 is 11.8 Å². The predicted octanol–water partition coefficient (Wildman–Crippen LogP) is 0.887. The fourth-order valence-corrected chi connectivity index (χ4v) is 2.96. The van der Waals surface area contributed by atoms with E-state index in [1.54, 1.807) is 13.0 Å². The second-order valence-corrected chi connectivity index (χ2v) is 6.39. The quantitative estimate of drug-likeness (QED) is 0.391. The SMILES string of the molecule is CCCCC(C)(O)C/C=C/[C@H]1[C@H](O)CC(=O)C1(CO)C(=O)O. The molecule has 0 bridgehead atoms. The molecule has 4 atom stereocenters. The highest BCUT2D eigenvalue weighted by Gasteiger charge is 2.58. The summed E-state index contributed by atoms with van der Waals surface area (Å²) >= 11 is 0. The van der Waals surface area contributed by atoms with Crippen LogP contribution in [-0.2, 0) is 9.59 Å². The normalized spacial score (nSPS) is 31.6. The molecule has 2 unspecified atom stereocenters. The van der Waals surface area contributed by atoms with Crippen LogP contribution in [0.1, 0.15) is 46.0 Å². The number of aliphatic hydroxyl groups excluding tert-OH is 2. The number of ketones is 1. The molecule has 4 N–H and O–H groups in total. The molecular weight excluding hydrogens is 288 g/mol. The molecule has 22 heavy (non-hydrogen) atoms. The summed E-state index contributed by atoms with van der Waals surface area (Å²) in [5.41, 5.74) is -2.89. The number of carbonyl (C=O) groups excluding carboxylic acids is 1. The van der Waals surface area contributed by atoms with Crippen molar-refractivity contribution in [2.45, 2.75) is 57.7 Å². The number of hydrogen-bond acceptors (Lipinski definition) is 5. The highest BCUT2D eigenvalue weighted by atomic mass is 16.4. The Morgan fingerprint density at radius 2 is 2.14 bits per heavy atom. The van der Waals surface area contributed by atoms with Gasteiger partial charge in [0.2, 0.25) is 0 Å². The van der Waals surface area contributed by atoms with Gasteiger partial charge in [0.15, 0.2) is 11.2 Å². The van der Waals surface area contributed by atoms with E-state index >= 15 is 0 Å². The fraction of sp³-hybridized carbons (Fsp3) is 0.750. The maximum atomic E-state index is 11.9. The largest absolute Gasteiger partial charge is 0.480 e. The Morgan fingerprint density at radius 1 is 1.50 bits per heavy atom. The Hall–Kier alpha value is -1.24. The summed E-state index contributed by atoms with van der Waals surface area (Å²) in [5.74, 6) is -3.07. The van der Waals surface area contributed by atoms with Crippen LogP contribution in [0.5, 0.6) is 0 Å². The smallest absolute Gasteiger partial charge is 0.320 e. The van der Waals surface area contributed by atoms with Crippen LogP contribution < -0.4 is 0 Å². The van der Waals surface area contributed by atoms with Gasteiger partial charge in [-0.1, -0.05) is 31.9 Å². The standard InChI is InChI=1S/C16H26O6/c1-3-4-7-15(2,22)8-5-6-11-12(18)9-13(19)16(11,10-17)14(20)21/h5-6,11-12,17-18,22H,3-4,7-10H2,1-2H3,(H,20,21)/b6-5+/t11-,12+,15?,16?/m0/s1. The molecule has 0 spiro atoms. The van der Waals surface area contributed by atoms with Crippen LogP contribution in [-0.4, -0.2) is 50.5 Å². The maximum absolute atomic E-state index is 11.9. The van der Waals surface area contributed by atoms with Gasteiger partial charge < -0.3 is 20.4 Å². The Morgan fingerprint density at radius 3 is 2.64 bits per heavy atom. The third-order valence-corrected chi connectivity index (χ3v) is 4.48. The predicted molar refractivity (Wildman–Crippen MR) is 80.2 cm³/mol. The Kier molecular flexibility index (Phi) is 6.28. The lowest BCUT2D eigenvalue weighted by molar-refractivity contribution is -0.158. The Bertz CT molecular complexity index is 442. The molecule has 0 saturated heterocycles. The lowest BCUT2D eigenvalue weighted by Crippen LogP contribution is -2.44. The monoisotopic (exact) mass is 314 g/mol. The molecule has 1 fully saturated rings. The fourth-order valence-electron chi connectivity index (χ4n) is 2.96. The Labute approximate surface area is 130 Å². The van der Waals surface area contributed by atoms with Crippen LogP contribution in [0.25, 0.3) is 0 Å². The van der Waals surface area contributed by atoms with Crippen molar-refractivity contribution in [1.29, 1.82) is 0 Å². The first kappa shape index (κ1) is 18.8. The van der Waals surface area contributed by atoms with Crippen molar-refractivity contribution in [2.75, 3.05) is 6.61 Å². The van der Waals surface area contributed by atoms with Crippen LogP contribution in [0.15, 0.2) is 12.2 Å². The minimum Gasteiger partial charge on any atom is -0.480 e. The summed E-state index contributed by atoms with van der Waals surface area (Å²) in [6, 6.07) is 0. The van der Waals surface area contributed by atoms with Gasteiger partial charge in [-0.2, -0.15) is 0 Å². The summed E-state index contributed by atoms with van der Waals surface area (Å²) in [4.78, 5) is 23.4. The second kappa shape index (κ2) is 7.35. The van der Waals surface area contributed by atoms with Crippen LogP contribution >= 0.6 is 0 Å². The molecule has 0 amide bonds. The van der Waals surface area contributed by atoms with Gasteiger partial charge in [-0.25, -0.2) is 0 Å². The lowest BCUT2D eigenvalue weighted by atomic mass is 9.76. The minimum atomic E-state index is -1.98. The van der Waals surface area contributed by atoms with E-state index in [0.29, 0.717) is 12.8 Å². The summed E-state index contributed by atoms with van der Waals surface area (Å²) in [6.07, 6.45) is 4.37. The molecule has 1 aliphatic carbocycles. The Balaban J connectivity index is 2.87. The lowest BCUT2D eigenvalue weighted by Gasteiger charge is -2.27. The van der Waals surface area contributed by atoms with Crippen LogP contribution in [0.3, 0.4) is 0 Å². The number of carboxylic acid groups (broad SMARTS) is 1. The number of carboxylic acids is 1. The highest BCUT2D eigenvalue weighted by Crippen LogP contribution is 2.42. The molecule has 1 rings (SSSR count). The zero-order valence-electron chi connectivity index (χ0n) is 13.2. The molecule has 0 aromatic heterocycles. The van der Waals surface area contributed by atoms with Gasteiger partial charge >= 0.3 is 5.97 Å². The first-order valence-electron chi connectivity index (χ1n) is 7.66. The van der Waals surface area contributed by atoms with E-state index in [4.69, 9.17) is 0 Å². The molecule has 6 nitrogen and oxygen atoms in total. The molecule has 0 aliphatic heterocycles. The number of aliphatic carboxylic acids is 1. The molecule has 1 aliphatic rings. The number of Topliss-reactive ketones (excluding diaryl/α,β-unsaturated/α-hetero) is 1. The van der Waals surface area contributed by atoms with Gasteiger partial charge in [0.25, 0.3) is 0 Å². The average molecular weight is 314 g/mol. The first-order chi connectivity index (χ1) is 10.2. The van der Waals surface area contributed by atoms with Crippen LogP contribution in [0, 0.1) is 11.3 Å². The molecule has 1 saturated carbocycles. The summed E-state index contributed by atoms with van der Waals surface area (Å²) < 4.78 is 0. The van der Waals surface area contributed by atoms with Crippen molar-refractivity contribution in [3.05, 3.63) is 12.2 Å². The summed E-state index contributed by atoms with van der Waals surface area (Å²) in [5, 5.41) is 38.9. The van der Waals surface area contributed by atoms with E-state index in [0.717, 1.165) is 12.8 Å². The zero-order chi connectivity index (χ0) is 17.0. The van der Waals surface area contributed by atoms with Gasteiger partial charge in [-0.3, -0.25) is 9.59 Å². The molecular formula is C16H26O6. The van der Waals surface area contributed by atoms with Gasteiger partial charge in [-0.15, -0.1) is 0 Å². The van der Waals surface area contributed by atoms with Crippen molar-refractivity contribution < 1.29 is 30.0 Å². The summed E-state index contributed by atoms with van der Waals surface area (Å²) in [7, 11) is 0. The third-order valence-electron chi connectivity index (χ3n) is 4.48. The van der Waals surface area contributed by atoms with Crippen molar-refractivity contribution in [3.63, 3.8) is 0 Å². The zero-order valence-corrected chi connectivity index (χ0v) is 13.2. The summed E-state index contributed by atoms with van der Waals surface area (Å²) in [6.45, 7) is 2.87. The van der Waals surface area contributed by atoms with Gasteiger partial charge in [0, 0.05) is 12.3 Å². The van der Waals surface area contributed by atoms with E-state index in [2.05, 4.69) is 0 Å². The number of rotatable bonds is 8. The molecule has 126 valence electrons. The van der Waals surface area contributed by atoms with E-state index in [9.17, 15) is 30.0 Å². The van der Waals surface area contributed by atoms with E-state index in [1.165, 1.54) is 6.08 Å². The average Bonchev–Trinajstić information content (AvgIpc) is 2.68. The number of unbranched alkanes of at least 4 members (excludes halogenated alkanes) is 1. The van der Waals surface area contributed by atoms with E-state index < -0.39 is 41.4 Å². The minimum absolute atomic E-state index is 0.284. The second-order valence-electron chi connectivity index (χ2n) is 6.39. The number of carbonyl (C=O) groups is 2. The van der Waals surface area contributed by atoms with Crippen LogP contribution in [0.4, 0.5) is 0 Å². The molecule has 6 heteroatoms. The van der Waals surface area contributed by atoms with Gasteiger partial charge in [0.1, 0.15) is 0 Å². The van der Waals surface area contributed by atoms with Gasteiger partial charge in [-0.05, 0) is 19.8 Å². The van der Waals surface area contributed by atoms with Crippen molar-refractivity contribution in [1.82, 2.24) is 0 Å². The molecule has 0 heterocycles.